The summed E-state index contributed by atoms with van der Waals surface area (Å²) >= 11 is 0. The van der Waals surface area contributed by atoms with Crippen LogP contribution in [0.5, 0.6) is 0 Å². The van der Waals surface area contributed by atoms with Crippen LogP contribution in [0.25, 0.3) is 22.2 Å². The quantitative estimate of drug-likeness (QED) is 0.595. The zero-order chi connectivity index (χ0) is 15.5. The van der Waals surface area contributed by atoms with Crippen molar-refractivity contribution in [1.29, 1.82) is 0 Å². The monoisotopic (exact) mass is 338 g/mol. The molecule has 6 nitrogen and oxygen atoms in total. The molecule has 0 atom stereocenters. The van der Waals surface area contributed by atoms with Crippen molar-refractivity contribution in [2.75, 3.05) is 5.32 Å². The number of aromatic amines is 1. The maximum Gasteiger partial charge on any atom is 0.145 e. The molecular weight excluding hydrogens is 324 g/mol. The molecule has 3 heterocycles. The van der Waals surface area contributed by atoms with Crippen LogP contribution < -0.4 is 5.32 Å². The van der Waals surface area contributed by atoms with Crippen LogP contribution in [0.1, 0.15) is 5.56 Å². The number of aromatic nitrogens is 5. The van der Waals surface area contributed by atoms with Gasteiger partial charge in [-0.15, -0.1) is 12.4 Å². The van der Waals surface area contributed by atoms with Crippen molar-refractivity contribution in [1.82, 2.24) is 25.1 Å². The van der Waals surface area contributed by atoms with Crippen molar-refractivity contribution in [3.8, 4) is 11.1 Å². The number of hydrogen-bond acceptors (Lipinski definition) is 5. The lowest BCUT2D eigenvalue weighted by Gasteiger charge is -2.07. The van der Waals surface area contributed by atoms with Crippen LogP contribution in [0.2, 0.25) is 0 Å². The Kier molecular flexibility index (Phi) is 4.67. The number of halogens is 1. The van der Waals surface area contributed by atoms with E-state index in [1.165, 1.54) is 0 Å². The minimum Gasteiger partial charge on any atom is -0.365 e. The number of nitrogens with zero attached hydrogens (tertiary/aromatic N) is 4. The highest BCUT2D eigenvalue weighted by Gasteiger charge is 2.04. The standard InChI is InChI=1S/C17H14N6.ClH/c1-2-15-16(7-13(1)14-9-21-22-10-14)19-11-17(23-15)20-8-12-3-5-18-6-4-12;/h1-7,9-11H,8H2,(H,20,23)(H,21,22);1H. The van der Waals surface area contributed by atoms with Crippen molar-refractivity contribution < 1.29 is 0 Å². The molecule has 1 aromatic carbocycles. The SMILES string of the molecule is Cl.c1cc(CNc2cnc3cc(-c4cn[nH]c4)ccc3n2)ccn1. The van der Waals surface area contributed by atoms with Gasteiger partial charge in [0.05, 0.1) is 23.4 Å². The summed E-state index contributed by atoms with van der Waals surface area (Å²) in [6, 6.07) is 9.95. The van der Waals surface area contributed by atoms with E-state index >= 15 is 0 Å². The van der Waals surface area contributed by atoms with E-state index in [0.29, 0.717) is 6.54 Å². The second-order valence-corrected chi connectivity index (χ2v) is 5.15. The predicted molar refractivity (Wildman–Crippen MR) is 95.9 cm³/mol. The molecule has 0 saturated carbocycles. The van der Waals surface area contributed by atoms with Crippen LogP contribution in [-0.4, -0.2) is 25.1 Å². The molecule has 0 radical (unpaired) electrons. The van der Waals surface area contributed by atoms with Gasteiger partial charge in [0.25, 0.3) is 0 Å². The minimum atomic E-state index is 0. The first kappa shape index (κ1) is 15.9. The Hall–Kier alpha value is -2.99. The van der Waals surface area contributed by atoms with Gasteiger partial charge in [0.15, 0.2) is 0 Å². The molecule has 0 amide bonds. The third kappa shape index (κ3) is 3.33. The average Bonchev–Trinajstić information content (AvgIpc) is 3.15. The highest BCUT2D eigenvalue weighted by Crippen LogP contribution is 2.22. The highest BCUT2D eigenvalue weighted by molar-refractivity contribution is 5.85. The first-order valence-electron chi connectivity index (χ1n) is 7.27. The number of nitrogens with one attached hydrogen (secondary N) is 2. The van der Waals surface area contributed by atoms with Gasteiger partial charge >= 0.3 is 0 Å². The third-order valence-electron chi connectivity index (χ3n) is 3.60. The molecule has 0 fully saturated rings. The summed E-state index contributed by atoms with van der Waals surface area (Å²) in [4.78, 5) is 13.1. The predicted octanol–water partition coefficient (Wildman–Crippen LogP) is 3.45. The normalized spacial score (nSPS) is 10.3. The van der Waals surface area contributed by atoms with Gasteiger partial charge in [0, 0.05) is 30.7 Å². The number of rotatable bonds is 4. The summed E-state index contributed by atoms with van der Waals surface area (Å²) < 4.78 is 0. The lowest BCUT2D eigenvalue weighted by molar-refractivity contribution is 1.09. The Labute approximate surface area is 144 Å². The van der Waals surface area contributed by atoms with Gasteiger partial charge in [-0.2, -0.15) is 5.10 Å². The van der Waals surface area contributed by atoms with Crippen LogP contribution in [0.4, 0.5) is 5.82 Å². The van der Waals surface area contributed by atoms with E-state index in [9.17, 15) is 0 Å². The fraction of sp³-hybridized carbons (Fsp3) is 0.0588. The maximum atomic E-state index is 4.60. The van der Waals surface area contributed by atoms with Crippen molar-refractivity contribution in [3.63, 3.8) is 0 Å². The van der Waals surface area contributed by atoms with Crippen LogP contribution >= 0.6 is 12.4 Å². The number of benzene rings is 1. The zero-order valence-corrected chi connectivity index (χ0v) is 13.5. The Morgan fingerprint density at radius 2 is 1.83 bits per heavy atom. The van der Waals surface area contributed by atoms with Gasteiger partial charge in [0.2, 0.25) is 0 Å². The molecule has 0 unspecified atom stereocenters. The van der Waals surface area contributed by atoms with Gasteiger partial charge in [-0.05, 0) is 35.4 Å². The van der Waals surface area contributed by atoms with Crippen molar-refractivity contribution in [3.05, 3.63) is 66.9 Å². The Bertz CT molecular complexity index is 924. The van der Waals surface area contributed by atoms with Crippen LogP contribution in [0, 0.1) is 0 Å². The van der Waals surface area contributed by atoms with E-state index in [0.717, 1.165) is 33.5 Å². The summed E-state index contributed by atoms with van der Waals surface area (Å²) in [5.74, 6) is 0.755. The molecule has 7 heteroatoms. The van der Waals surface area contributed by atoms with Gasteiger partial charge in [0.1, 0.15) is 5.82 Å². The molecule has 0 spiro atoms. The van der Waals surface area contributed by atoms with Crippen molar-refractivity contribution >= 4 is 29.3 Å². The third-order valence-corrected chi connectivity index (χ3v) is 3.60. The van der Waals surface area contributed by atoms with Gasteiger partial charge in [-0.3, -0.25) is 15.1 Å². The summed E-state index contributed by atoms with van der Waals surface area (Å²) in [6.45, 7) is 0.690. The first-order valence-corrected chi connectivity index (χ1v) is 7.27. The molecular formula is C17H15ClN6. The minimum absolute atomic E-state index is 0. The van der Waals surface area contributed by atoms with E-state index in [1.54, 1.807) is 24.8 Å². The second-order valence-electron chi connectivity index (χ2n) is 5.15. The molecule has 2 N–H and O–H groups in total. The number of pyridine rings is 1. The maximum absolute atomic E-state index is 4.60. The smallest absolute Gasteiger partial charge is 0.145 e. The van der Waals surface area contributed by atoms with E-state index in [4.69, 9.17) is 0 Å². The van der Waals surface area contributed by atoms with E-state index < -0.39 is 0 Å². The van der Waals surface area contributed by atoms with Crippen molar-refractivity contribution in [2.24, 2.45) is 0 Å². The summed E-state index contributed by atoms with van der Waals surface area (Å²) in [6.07, 6.45) is 8.96. The number of H-pyrrole nitrogens is 1. The molecule has 4 aromatic rings. The molecule has 0 bridgehead atoms. The Morgan fingerprint density at radius 3 is 2.62 bits per heavy atom. The van der Waals surface area contributed by atoms with E-state index in [2.05, 4.69) is 30.5 Å². The lowest BCUT2D eigenvalue weighted by atomic mass is 10.1. The topological polar surface area (TPSA) is 79.4 Å². The molecule has 0 aliphatic rings. The summed E-state index contributed by atoms with van der Waals surface area (Å²) in [5, 5.41) is 10.1. The molecule has 120 valence electrons. The Morgan fingerprint density at radius 1 is 0.958 bits per heavy atom. The second kappa shape index (κ2) is 7.06. The highest BCUT2D eigenvalue weighted by atomic mass is 35.5. The van der Waals surface area contributed by atoms with Gasteiger partial charge < -0.3 is 5.32 Å². The zero-order valence-electron chi connectivity index (χ0n) is 12.7. The van der Waals surface area contributed by atoms with Crippen LogP contribution in [0.15, 0.2) is 61.3 Å². The number of hydrogen-bond donors (Lipinski definition) is 2. The van der Waals surface area contributed by atoms with E-state index in [1.807, 2.05) is 36.5 Å². The molecule has 4 rings (SSSR count). The van der Waals surface area contributed by atoms with Gasteiger partial charge in [-0.1, -0.05) is 6.07 Å². The molecule has 0 aliphatic carbocycles. The fourth-order valence-electron chi connectivity index (χ4n) is 2.38. The van der Waals surface area contributed by atoms with Crippen molar-refractivity contribution in [2.45, 2.75) is 6.54 Å². The summed E-state index contributed by atoms with van der Waals surface area (Å²) in [5.41, 5.74) is 4.97. The van der Waals surface area contributed by atoms with E-state index in [-0.39, 0.29) is 12.4 Å². The van der Waals surface area contributed by atoms with Crippen LogP contribution in [-0.2, 0) is 6.54 Å². The fourth-order valence-corrected chi connectivity index (χ4v) is 2.38. The lowest BCUT2D eigenvalue weighted by Crippen LogP contribution is -2.02. The summed E-state index contributed by atoms with van der Waals surface area (Å²) in [7, 11) is 0. The van der Waals surface area contributed by atoms with Gasteiger partial charge in [-0.25, -0.2) is 4.98 Å². The Balaban J connectivity index is 0.00000169. The average molecular weight is 339 g/mol. The molecule has 3 aromatic heterocycles. The number of fused-ring (bicyclic) bond motifs is 1. The number of anilines is 1. The van der Waals surface area contributed by atoms with Crippen LogP contribution in [0.3, 0.4) is 0 Å². The molecule has 24 heavy (non-hydrogen) atoms. The first-order chi connectivity index (χ1) is 11.4. The molecule has 0 aliphatic heterocycles. The molecule has 0 saturated heterocycles. The largest absolute Gasteiger partial charge is 0.365 e.